The minimum atomic E-state index is -1.50. The molecule has 0 aliphatic rings. The van der Waals surface area contributed by atoms with E-state index in [2.05, 4.69) is 0 Å². The molecule has 0 bridgehead atoms. The van der Waals surface area contributed by atoms with Crippen LogP contribution >= 0.6 is 0 Å². The lowest BCUT2D eigenvalue weighted by Crippen LogP contribution is -2.45. The highest BCUT2D eigenvalue weighted by Crippen LogP contribution is 2.02. The van der Waals surface area contributed by atoms with Crippen LogP contribution in [0, 0.1) is 10.1 Å². The van der Waals surface area contributed by atoms with E-state index in [0.29, 0.717) is 5.56 Å². The summed E-state index contributed by atoms with van der Waals surface area (Å²) in [6, 6.07) is 8.54. The molecule has 25 heavy (non-hydrogen) atoms. The summed E-state index contributed by atoms with van der Waals surface area (Å²) in [5.41, 5.74) is -4.15. The van der Waals surface area contributed by atoms with E-state index in [-0.39, 0.29) is 9.24 Å². The number of fused-ring (bicyclic) bond motifs is 1. The van der Waals surface area contributed by atoms with Crippen LogP contribution in [0.1, 0.15) is 10.4 Å². The third-order valence-corrected chi connectivity index (χ3v) is 3.31. The third kappa shape index (κ3) is 2.69. The van der Waals surface area contributed by atoms with Gasteiger partial charge < -0.3 is 0 Å². The highest BCUT2D eigenvalue weighted by Gasteiger charge is 2.24. The summed E-state index contributed by atoms with van der Waals surface area (Å²) < 4.78 is -0.00273. The van der Waals surface area contributed by atoms with Crippen molar-refractivity contribution in [2.75, 3.05) is 0 Å². The van der Waals surface area contributed by atoms with Crippen molar-refractivity contribution in [3.8, 4) is 0 Å². The monoisotopic (exact) mass is 343 g/mol. The first-order valence-corrected chi connectivity index (χ1v) is 6.82. The molecule has 0 atom stereocenters. The van der Waals surface area contributed by atoms with Crippen molar-refractivity contribution in [3.63, 3.8) is 0 Å². The van der Waals surface area contributed by atoms with Gasteiger partial charge in [-0.3, -0.25) is 19.6 Å². The molecule has 0 aliphatic heterocycles. The number of nitrogens with one attached hydrogen (secondary N) is 2. The van der Waals surface area contributed by atoms with Crippen LogP contribution in [0.5, 0.6) is 0 Å². The number of carbonyl (C=O) groups is 1. The van der Waals surface area contributed by atoms with Gasteiger partial charge in [0.15, 0.2) is 10.5 Å². The zero-order valence-electron chi connectivity index (χ0n) is 12.3. The Morgan fingerprint density at radius 1 is 1.12 bits per heavy atom. The standard InChI is InChI=1S/C14H9N5O6/c20-9(7-6-8-4-2-1-3-5-8)17-12(21)10-11(16-13(22)15-10)18(14(17)23)19(24)25/h1-7H,(H2,15,16,22). The molecule has 3 aromatic rings. The predicted molar refractivity (Wildman–Crippen MR) is 85.9 cm³/mol. The highest BCUT2D eigenvalue weighted by molar-refractivity contribution is 5.94. The molecule has 0 saturated heterocycles. The fraction of sp³-hybridized carbons (Fsp3) is 0. The Kier molecular flexibility index (Phi) is 3.73. The second kappa shape index (κ2) is 5.88. The van der Waals surface area contributed by atoms with Gasteiger partial charge in [0.05, 0.1) is 0 Å². The molecule has 0 amide bonds. The number of carbonyl (C=O) groups excluding carboxylic acids is 1. The summed E-state index contributed by atoms with van der Waals surface area (Å²) in [6.07, 6.45) is 2.27. The van der Waals surface area contributed by atoms with Crippen molar-refractivity contribution >= 4 is 23.1 Å². The predicted octanol–water partition coefficient (Wildman–Crippen LogP) is -0.427. The van der Waals surface area contributed by atoms with Crippen LogP contribution in [0.15, 0.2) is 50.8 Å². The molecule has 126 valence electrons. The molecule has 0 saturated carbocycles. The molecule has 2 heterocycles. The lowest BCUT2D eigenvalue weighted by atomic mass is 10.2. The van der Waals surface area contributed by atoms with Gasteiger partial charge in [0.25, 0.3) is 11.5 Å². The number of aromatic nitrogens is 4. The maximum Gasteiger partial charge on any atom is 0.399 e. The Bertz CT molecular complexity index is 1190. The zero-order valence-corrected chi connectivity index (χ0v) is 12.3. The molecule has 3 rings (SSSR count). The second-order valence-electron chi connectivity index (χ2n) is 4.86. The average molecular weight is 343 g/mol. The summed E-state index contributed by atoms with van der Waals surface area (Å²) in [5.74, 6) is -1.08. The van der Waals surface area contributed by atoms with E-state index in [1.807, 2.05) is 9.97 Å². The molecule has 0 aliphatic carbocycles. The van der Waals surface area contributed by atoms with Gasteiger partial charge in [-0.2, -0.15) is 4.57 Å². The molecule has 2 aromatic heterocycles. The van der Waals surface area contributed by atoms with Crippen molar-refractivity contribution in [1.82, 2.24) is 19.2 Å². The minimum absolute atomic E-state index is 0.0777. The van der Waals surface area contributed by atoms with Gasteiger partial charge in [-0.05, 0) is 11.6 Å². The maximum absolute atomic E-state index is 12.3. The van der Waals surface area contributed by atoms with E-state index < -0.39 is 39.0 Å². The molecule has 11 nitrogen and oxygen atoms in total. The number of imidazole rings is 1. The number of nitrogens with zero attached hydrogens (tertiary/aromatic N) is 3. The molecular weight excluding hydrogens is 334 g/mol. The molecule has 2 N–H and O–H groups in total. The van der Waals surface area contributed by atoms with Gasteiger partial charge in [-0.1, -0.05) is 30.3 Å². The molecule has 0 fully saturated rings. The van der Waals surface area contributed by atoms with Crippen LogP contribution in [-0.2, 0) is 0 Å². The number of hydrogen-bond acceptors (Lipinski definition) is 6. The fourth-order valence-corrected chi connectivity index (χ4v) is 2.23. The van der Waals surface area contributed by atoms with Crippen LogP contribution in [0.3, 0.4) is 0 Å². The van der Waals surface area contributed by atoms with E-state index in [1.165, 1.54) is 6.08 Å². The lowest BCUT2D eigenvalue weighted by Gasteiger charge is -2.02. The van der Waals surface area contributed by atoms with E-state index in [1.54, 1.807) is 30.3 Å². The fourth-order valence-electron chi connectivity index (χ4n) is 2.23. The van der Waals surface area contributed by atoms with Crippen molar-refractivity contribution < 1.29 is 9.83 Å². The molecule has 1 aromatic carbocycles. The SMILES string of the molecule is O=C(C=Cc1ccccc1)n1c(=O)c2[nH]c(=O)[nH]c2n([N+](=O)[O-])c1=O. The summed E-state index contributed by atoms with van der Waals surface area (Å²) >= 11 is 0. The summed E-state index contributed by atoms with van der Waals surface area (Å²) in [4.78, 5) is 63.1. The quantitative estimate of drug-likeness (QED) is 0.374. The van der Waals surface area contributed by atoms with E-state index >= 15 is 0 Å². The Hall–Kier alpha value is -4.02. The minimum Gasteiger partial charge on any atom is -0.300 e. The van der Waals surface area contributed by atoms with Crippen molar-refractivity contribution in [2.24, 2.45) is 0 Å². The highest BCUT2D eigenvalue weighted by atomic mass is 16.7. The largest absolute Gasteiger partial charge is 0.399 e. The van der Waals surface area contributed by atoms with Gasteiger partial charge in [0.2, 0.25) is 5.65 Å². The van der Waals surface area contributed by atoms with Crippen molar-refractivity contribution in [3.05, 3.63) is 83.4 Å². The maximum atomic E-state index is 12.3. The molecule has 0 unspecified atom stereocenters. The number of hydrogen-bond donors (Lipinski definition) is 2. The first-order valence-electron chi connectivity index (χ1n) is 6.82. The van der Waals surface area contributed by atoms with Gasteiger partial charge in [0, 0.05) is 10.8 Å². The summed E-state index contributed by atoms with van der Waals surface area (Å²) in [7, 11) is 0. The Balaban J connectivity index is 2.23. The van der Waals surface area contributed by atoms with E-state index in [9.17, 15) is 29.3 Å². The van der Waals surface area contributed by atoms with Gasteiger partial charge >= 0.3 is 11.4 Å². The number of benzene rings is 1. The van der Waals surface area contributed by atoms with Crippen LogP contribution in [-0.4, -0.2) is 30.2 Å². The van der Waals surface area contributed by atoms with Crippen LogP contribution in [0.4, 0.5) is 0 Å². The van der Waals surface area contributed by atoms with Gasteiger partial charge in [0.1, 0.15) is 0 Å². The number of rotatable bonds is 3. The summed E-state index contributed by atoms with van der Waals surface area (Å²) in [5, 5.41) is 9.96. The first-order chi connectivity index (χ1) is 11.9. The smallest absolute Gasteiger partial charge is 0.300 e. The lowest BCUT2D eigenvalue weighted by molar-refractivity contribution is -0.541. The number of aromatic amines is 2. The van der Waals surface area contributed by atoms with Crippen LogP contribution < -0.4 is 16.9 Å². The van der Waals surface area contributed by atoms with Crippen LogP contribution in [0.2, 0.25) is 0 Å². The van der Waals surface area contributed by atoms with Crippen molar-refractivity contribution in [2.45, 2.75) is 0 Å². The molecule has 0 spiro atoms. The summed E-state index contributed by atoms with van der Waals surface area (Å²) in [6.45, 7) is 0. The Morgan fingerprint density at radius 3 is 2.44 bits per heavy atom. The van der Waals surface area contributed by atoms with Gasteiger partial charge in [-0.25, -0.2) is 19.7 Å². The Morgan fingerprint density at radius 2 is 1.80 bits per heavy atom. The number of allylic oxidation sites excluding steroid dienone is 1. The van der Waals surface area contributed by atoms with Gasteiger partial charge in [-0.15, -0.1) is 0 Å². The zero-order chi connectivity index (χ0) is 18.1. The normalized spacial score (nSPS) is 11.2. The van der Waals surface area contributed by atoms with E-state index in [4.69, 9.17) is 0 Å². The Labute approximate surface area is 136 Å². The number of nitro groups is 1. The molecule has 11 heteroatoms. The molecular formula is C14H9N5O6. The second-order valence-corrected chi connectivity index (χ2v) is 4.86. The van der Waals surface area contributed by atoms with E-state index in [0.717, 1.165) is 6.08 Å². The molecule has 0 radical (unpaired) electrons. The van der Waals surface area contributed by atoms with Crippen molar-refractivity contribution in [1.29, 1.82) is 0 Å². The number of H-pyrrole nitrogens is 2. The third-order valence-electron chi connectivity index (χ3n) is 3.31. The average Bonchev–Trinajstić information content (AvgIpc) is 2.95. The topological polar surface area (TPSA) is 153 Å². The van der Waals surface area contributed by atoms with Crippen LogP contribution in [0.25, 0.3) is 17.2 Å². The first kappa shape index (κ1) is 15.9.